The SMILES string of the molecule is O=C(CC1CS(=O)(=O)CCN1)NC(C(=O)O)C1CC1. The quantitative estimate of drug-likeness (QED) is 0.583. The van der Waals surface area contributed by atoms with Gasteiger partial charge in [0.25, 0.3) is 0 Å². The second-order valence-corrected chi connectivity index (χ2v) is 7.42. The third kappa shape index (κ3) is 4.17. The maximum Gasteiger partial charge on any atom is 0.326 e. The van der Waals surface area contributed by atoms with Gasteiger partial charge >= 0.3 is 5.97 Å². The number of carbonyl (C=O) groups excluding carboxylic acids is 1. The summed E-state index contributed by atoms with van der Waals surface area (Å²) in [5, 5.41) is 14.4. The van der Waals surface area contributed by atoms with Crippen molar-refractivity contribution in [3.8, 4) is 0 Å². The summed E-state index contributed by atoms with van der Waals surface area (Å²) in [7, 11) is -3.09. The van der Waals surface area contributed by atoms with Gasteiger partial charge in [-0.1, -0.05) is 0 Å². The van der Waals surface area contributed by atoms with Crippen LogP contribution in [0.5, 0.6) is 0 Å². The van der Waals surface area contributed by atoms with E-state index in [2.05, 4.69) is 10.6 Å². The molecule has 0 radical (unpaired) electrons. The Labute approximate surface area is 111 Å². The van der Waals surface area contributed by atoms with Crippen LogP contribution in [0.15, 0.2) is 0 Å². The predicted octanol–water partition coefficient (Wildman–Crippen LogP) is -1.26. The van der Waals surface area contributed by atoms with E-state index in [9.17, 15) is 18.0 Å². The first-order valence-electron chi connectivity index (χ1n) is 6.33. The highest BCUT2D eigenvalue weighted by Gasteiger charge is 2.37. The van der Waals surface area contributed by atoms with E-state index in [0.717, 1.165) is 12.8 Å². The van der Waals surface area contributed by atoms with Gasteiger partial charge in [-0.15, -0.1) is 0 Å². The zero-order chi connectivity index (χ0) is 14.0. The molecular formula is C11H18N2O5S. The van der Waals surface area contributed by atoms with Gasteiger partial charge in [0.05, 0.1) is 11.5 Å². The van der Waals surface area contributed by atoms with Crippen molar-refractivity contribution >= 4 is 21.7 Å². The number of rotatable bonds is 5. The highest BCUT2D eigenvalue weighted by atomic mass is 32.2. The van der Waals surface area contributed by atoms with Crippen molar-refractivity contribution in [2.45, 2.75) is 31.3 Å². The van der Waals surface area contributed by atoms with Crippen LogP contribution in [-0.2, 0) is 19.4 Å². The predicted molar refractivity (Wildman–Crippen MR) is 67.4 cm³/mol. The smallest absolute Gasteiger partial charge is 0.326 e. The molecule has 19 heavy (non-hydrogen) atoms. The summed E-state index contributed by atoms with van der Waals surface area (Å²) < 4.78 is 22.9. The molecule has 108 valence electrons. The van der Waals surface area contributed by atoms with Crippen LogP contribution in [0.1, 0.15) is 19.3 Å². The Balaban J connectivity index is 1.85. The van der Waals surface area contributed by atoms with Gasteiger partial charge in [-0.3, -0.25) is 4.79 Å². The van der Waals surface area contributed by atoms with E-state index in [1.807, 2.05) is 0 Å². The van der Waals surface area contributed by atoms with Gasteiger partial charge in [0.1, 0.15) is 6.04 Å². The zero-order valence-electron chi connectivity index (χ0n) is 10.5. The summed E-state index contributed by atoms with van der Waals surface area (Å²) in [5.41, 5.74) is 0. The second-order valence-electron chi connectivity index (χ2n) is 5.19. The minimum absolute atomic E-state index is 0.00424. The highest BCUT2D eigenvalue weighted by Crippen LogP contribution is 2.32. The summed E-state index contributed by atoms with van der Waals surface area (Å²) in [6.45, 7) is 0.339. The number of amides is 1. The van der Waals surface area contributed by atoms with E-state index in [4.69, 9.17) is 5.11 Å². The van der Waals surface area contributed by atoms with Crippen LogP contribution < -0.4 is 10.6 Å². The van der Waals surface area contributed by atoms with Crippen molar-refractivity contribution in [1.29, 1.82) is 0 Å². The Hall–Kier alpha value is -1.15. The summed E-state index contributed by atoms with van der Waals surface area (Å²) in [4.78, 5) is 22.7. The topological polar surface area (TPSA) is 113 Å². The van der Waals surface area contributed by atoms with Crippen LogP contribution in [0.3, 0.4) is 0 Å². The molecule has 2 rings (SSSR count). The first-order chi connectivity index (χ1) is 8.87. The molecule has 2 fully saturated rings. The molecule has 0 spiro atoms. The molecular weight excluding hydrogens is 272 g/mol. The molecule has 1 aliphatic heterocycles. The van der Waals surface area contributed by atoms with Crippen LogP contribution in [0.25, 0.3) is 0 Å². The standard InChI is InChI=1S/C11H18N2O5S/c14-9(13-10(11(15)16)7-1-2-7)5-8-6-19(17,18)4-3-12-8/h7-8,10,12H,1-6H2,(H,13,14)(H,15,16). The minimum atomic E-state index is -3.09. The summed E-state index contributed by atoms with van der Waals surface area (Å²) >= 11 is 0. The third-order valence-corrected chi connectivity index (χ3v) is 5.15. The number of aliphatic carboxylic acids is 1. The molecule has 7 nitrogen and oxygen atoms in total. The fraction of sp³-hybridized carbons (Fsp3) is 0.818. The van der Waals surface area contributed by atoms with Crippen molar-refractivity contribution in [2.75, 3.05) is 18.1 Å². The van der Waals surface area contributed by atoms with E-state index >= 15 is 0 Å². The molecule has 1 aliphatic carbocycles. The van der Waals surface area contributed by atoms with E-state index in [-0.39, 0.29) is 23.8 Å². The fourth-order valence-corrected chi connectivity index (χ4v) is 3.71. The lowest BCUT2D eigenvalue weighted by Gasteiger charge is -2.24. The molecule has 2 unspecified atom stereocenters. The molecule has 1 saturated carbocycles. The van der Waals surface area contributed by atoms with Gasteiger partial charge in [-0.05, 0) is 18.8 Å². The number of nitrogens with one attached hydrogen (secondary N) is 2. The molecule has 2 atom stereocenters. The van der Waals surface area contributed by atoms with Crippen LogP contribution >= 0.6 is 0 Å². The lowest BCUT2D eigenvalue weighted by Crippen LogP contribution is -2.49. The van der Waals surface area contributed by atoms with Crippen LogP contribution in [0.4, 0.5) is 0 Å². The fourth-order valence-electron chi connectivity index (χ4n) is 2.27. The maximum atomic E-state index is 11.8. The molecule has 0 aromatic heterocycles. The lowest BCUT2D eigenvalue weighted by molar-refractivity contribution is -0.142. The number of sulfone groups is 1. The molecule has 8 heteroatoms. The Morgan fingerprint density at radius 1 is 1.37 bits per heavy atom. The van der Waals surface area contributed by atoms with Crippen LogP contribution in [0, 0.1) is 5.92 Å². The van der Waals surface area contributed by atoms with Crippen molar-refractivity contribution in [1.82, 2.24) is 10.6 Å². The molecule has 0 bridgehead atoms. The number of carbonyl (C=O) groups is 2. The zero-order valence-corrected chi connectivity index (χ0v) is 11.3. The Bertz CT molecular complexity index is 471. The first-order valence-corrected chi connectivity index (χ1v) is 8.15. The van der Waals surface area contributed by atoms with Gasteiger partial charge in [0, 0.05) is 19.0 Å². The van der Waals surface area contributed by atoms with Gasteiger partial charge in [-0.25, -0.2) is 13.2 Å². The van der Waals surface area contributed by atoms with Gasteiger partial charge in [-0.2, -0.15) is 0 Å². The number of carboxylic acids is 1. The van der Waals surface area contributed by atoms with Crippen molar-refractivity contribution in [3.05, 3.63) is 0 Å². The maximum absolute atomic E-state index is 11.8. The first kappa shape index (κ1) is 14.3. The minimum Gasteiger partial charge on any atom is -0.480 e. The van der Waals surface area contributed by atoms with Gasteiger partial charge in [0.15, 0.2) is 9.84 Å². The summed E-state index contributed by atoms with van der Waals surface area (Å²) in [6, 6.07) is -1.26. The molecule has 1 heterocycles. The molecule has 0 aromatic rings. The molecule has 3 N–H and O–H groups in total. The Morgan fingerprint density at radius 3 is 2.58 bits per heavy atom. The van der Waals surface area contributed by atoms with Gasteiger partial charge < -0.3 is 15.7 Å². The number of hydrogen-bond donors (Lipinski definition) is 3. The Kier molecular flexibility index (Phi) is 4.10. The van der Waals surface area contributed by atoms with E-state index < -0.39 is 33.8 Å². The average Bonchev–Trinajstić information content (AvgIpc) is 3.07. The summed E-state index contributed by atoms with van der Waals surface area (Å²) in [6.07, 6.45) is 1.62. The summed E-state index contributed by atoms with van der Waals surface area (Å²) in [5.74, 6) is -1.40. The Morgan fingerprint density at radius 2 is 2.05 bits per heavy atom. The molecule has 1 amide bonds. The number of carboxylic acid groups (broad SMARTS) is 1. The van der Waals surface area contributed by atoms with Crippen molar-refractivity contribution < 1.29 is 23.1 Å². The third-order valence-electron chi connectivity index (χ3n) is 3.41. The van der Waals surface area contributed by atoms with Gasteiger partial charge in [0.2, 0.25) is 5.91 Å². The largest absolute Gasteiger partial charge is 0.480 e. The number of hydrogen-bond acceptors (Lipinski definition) is 5. The van der Waals surface area contributed by atoms with E-state index in [1.54, 1.807) is 0 Å². The van der Waals surface area contributed by atoms with Crippen molar-refractivity contribution in [2.24, 2.45) is 5.92 Å². The van der Waals surface area contributed by atoms with E-state index in [1.165, 1.54) is 0 Å². The van der Waals surface area contributed by atoms with Crippen LogP contribution in [-0.4, -0.2) is 55.5 Å². The lowest BCUT2D eigenvalue weighted by atomic mass is 10.1. The van der Waals surface area contributed by atoms with Crippen molar-refractivity contribution in [3.63, 3.8) is 0 Å². The molecule has 0 aromatic carbocycles. The highest BCUT2D eigenvalue weighted by molar-refractivity contribution is 7.91. The normalized spacial score (nSPS) is 27.5. The average molecular weight is 290 g/mol. The second kappa shape index (κ2) is 5.46. The monoisotopic (exact) mass is 290 g/mol. The van der Waals surface area contributed by atoms with Crippen LogP contribution in [0.2, 0.25) is 0 Å². The molecule has 2 aliphatic rings. The molecule has 1 saturated heterocycles. The van der Waals surface area contributed by atoms with E-state index in [0.29, 0.717) is 6.54 Å².